The van der Waals surface area contributed by atoms with E-state index in [-0.39, 0.29) is 0 Å². The van der Waals surface area contributed by atoms with Crippen molar-refractivity contribution in [3.8, 4) is 0 Å². The molecule has 1 saturated carbocycles. The maximum atomic E-state index is 10.2. The maximum Gasteiger partial charge on any atom is 0.0869 e. The SMILES string of the molecule is C[C@@H]1CC[C@H](NC[C@](C)(O)CN(C)C)C[C@H]1C. The summed E-state index contributed by atoms with van der Waals surface area (Å²) in [5.74, 6) is 1.66. The van der Waals surface area contributed by atoms with Crippen LogP contribution in [0.15, 0.2) is 0 Å². The average molecular weight is 242 g/mol. The highest BCUT2D eigenvalue weighted by atomic mass is 16.3. The predicted molar refractivity (Wildman–Crippen MR) is 73.1 cm³/mol. The van der Waals surface area contributed by atoms with Crippen molar-refractivity contribution in [1.82, 2.24) is 10.2 Å². The minimum absolute atomic E-state index is 0.592. The van der Waals surface area contributed by atoms with E-state index in [1.807, 2.05) is 25.9 Å². The molecule has 3 nitrogen and oxygen atoms in total. The lowest BCUT2D eigenvalue weighted by molar-refractivity contribution is 0.0285. The molecule has 17 heavy (non-hydrogen) atoms. The average Bonchev–Trinajstić information content (AvgIpc) is 2.18. The summed E-state index contributed by atoms with van der Waals surface area (Å²) in [6.07, 6.45) is 3.82. The lowest BCUT2D eigenvalue weighted by Crippen LogP contribution is -2.49. The third-order valence-electron chi connectivity index (χ3n) is 4.03. The molecular formula is C14H30N2O. The zero-order chi connectivity index (χ0) is 13.1. The van der Waals surface area contributed by atoms with Crippen LogP contribution >= 0.6 is 0 Å². The zero-order valence-corrected chi connectivity index (χ0v) is 12.2. The van der Waals surface area contributed by atoms with Gasteiger partial charge in [-0.2, -0.15) is 0 Å². The number of likely N-dealkylation sites (N-methyl/N-ethyl adjacent to an activating group) is 1. The van der Waals surface area contributed by atoms with Gasteiger partial charge in [-0.3, -0.25) is 0 Å². The molecule has 3 heteroatoms. The quantitative estimate of drug-likeness (QED) is 0.770. The van der Waals surface area contributed by atoms with Gasteiger partial charge in [0.15, 0.2) is 0 Å². The molecule has 0 bridgehead atoms. The van der Waals surface area contributed by atoms with Crippen LogP contribution in [-0.4, -0.2) is 48.8 Å². The fourth-order valence-corrected chi connectivity index (χ4v) is 2.83. The molecule has 0 aliphatic heterocycles. The van der Waals surface area contributed by atoms with Gasteiger partial charge in [0.2, 0.25) is 0 Å². The Kier molecular flexibility index (Phi) is 5.42. The topological polar surface area (TPSA) is 35.5 Å². The fourth-order valence-electron chi connectivity index (χ4n) is 2.83. The van der Waals surface area contributed by atoms with Crippen LogP contribution in [0.25, 0.3) is 0 Å². The molecular weight excluding hydrogens is 212 g/mol. The highest BCUT2D eigenvalue weighted by molar-refractivity contribution is 4.84. The molecule has 102 valence electrons. The van der Waals surface area contributed by atoms with Crippen LogP contribution in [-0.2, 0) is 0 Å². The van der Waals surface area contributed by atoms with Crippen molar-refractivity contribution in [3.05, 3.63) is 0 Å². The van der Waals surface area contributed by atoms with Gasteiger partial charge in [-0.1, -0.05) is 13.8 Å². The van der Waals surface area contributed by atoms with Gasteiger partial charge in [0.05, 0.1) is 5.60 Å². The van der Waals surface area contributed by atoms with Crippen molar-refractivity contribution in [3.63, 3.8) is 0 Å². The summed E-state index contributed by atoms with van der Waals surface area (Å²) in [5.41, 5.74) is -0.629. The number of rotatable bonds is 5. The van der Waals surface area contributed by atoms with E-state index in [1.54, 1.807) is 0 Å². The van der Waals surface area contributed by atoms with E-state index in [0.717, 1.165) is 11.8 Å². The van der Waals surface area contributed by atoms with Crippen molar-refractivity contribution in [2.45, 2.75) is 51.7 Å². The van der Waals surface area contributed by atoms with Crippen LogP contribution in [0.5, 0.6) is 0 Å². The van der Waals surface area contributed by atoms with Crippen molar-refractivity contribution in [2.24, 2.45) is 11.8 Å². The van der Waals surface area contributed by atoms with E-state index < -0.39 is 5.60 Å². The highest BCUT2D eigenvalue weighted by Crippen LogP contribution is 2.29. The van der Waals surface area contributed by atoms with E-state index in [0.29, 0.717) is 19.1 Å². The molecule has 0 aromatic heterocycles. The molecule has 1 aliphatic carbocycles. The minimum Gasteiger partial charge on any atom is -0.388 e. The molecule has 0 radical (unpaired) electrons. The second-order valence-corrected chi connectivity index (χ2v) is 6.58. The minimum atomic E-state index is -0.629. The number of aliphatic hydroxyl groups is 1. The van der Waals surface area contributed by atoms with Crippen LogP contribution in [0.2, 0.25) is 0 Å². The van der Waals surface area contributed by atoms with Gasteiger partial charge in [-0.15, -0.1) is 0 Å². The monoisotopic (exact) mass is 242 g/mol. The molecule has 0 aromatic carbocycles. The number of hydrogen-bond donors (Lipinski definition) is 2. The van der Waals surface area contributed by atoms with E-state index in [2.05, 4.69) is 19.2 Å². The van der Waals surface area contributed by atoms with Crippen LogP contribution < -0.4 is 5.32 Å². The van der Waals surface area contributed by atoms with E-state index >= 15 is 0 Å². The lowest BCUT2D eigenvalue weighted by atomic mass is 9.79. The van der Waals surface area contributed by atoms with Gasteiger partial charge in [0.25, 0.3) is 0 Å². The summed E-state index contributed by atoms with van der Waals surface area (Å²) in [7, 11) is 4.00. The van der Waals surface area contributed by atoms with Crippen LogP contribution in [0.1, 0.15) is 40.0 Å². The summed E-state index contributed by atoms with van der Waals surface area (Å²) in [5, 5.41) is 13.8. The highest BCUT2D eigenvalue weighted by Gasteiger charge is 2.27. The van der Waals surface area contributed by atoms with Gasteiger partial charge in [-0.05, 0) is 52.1 Å². The summed E-state index contributed by atoms with van der Waals surface area (Å²) in [6.45, 7) is 8.00. The predicted octanol–water partition coefficient (Wildman–Crippen LogP) is 1.71. The normalized spacial score (nSPS) is 33.7. The summed E-state index contributed by atoms with van der Waals surface area (Å²) in [4.78, 5) is 2.03. The molecule has 2 N–H and O–H groups in total. The third-order valence-corrected chi connectivity index (χ3v) is 4.03. The molecule has 1 fully saturated rings. The standard InChI is InChI=1S/C14H30N2O/c1-11-6-7-13(8-12(11)2)15-9-14(3,17)10-16(4)5/h11-13,15,17H,6-10H2,1-5H3/t11-,12-,13+,14+/m1/s1. The molecule has 1 rings (SSSR count). The number of nitrogens with zero attached hydrogens (tertiary/aromatic N) is 1. The Morgan fingerprint density at radius 2 is 1.88 bits per heavy atom. The van der Waals surface area contributed by atoms with Gasteiger partial charge in [0, 0.05) is 19.1 Å². The Labute approximate surface area is 107 Å². The molecule has 0 saturated heterocycles. The van der Waals surface area contributed by atoms with Crippen molar-refractivity contribution in [1.29, 1.82) is 0 Å². The molecule has 0 heterocycles. The first kappa shape index (κ1) is 14.9. The molecule has 0 amide bonds. The Morgan fingerprint density at radius 1 is 1.24 bits per heavy atom. The van der Waals surface area contributed by atoms with Crippen LogP contribution in [0, 0.1) is 11.8 Å². The summed E-state index contributed by atoms with van der Waals surface area (Å²) < 4.78 is 0. The Bertz CT molecular complexity index is 228. The van der Waals surface area contributed by atoms with Crippen molar-refractivity contribution >= 4 is 0 Å². The third kappa shape index (κ3) is 5.36. The van der Waals surface area contributed by atoms with Gasteiger partial charge < -0.3 is 15.3 Å². The van der Waals surface area contributed by atoms with Gasteiger partial charge in [-0.25, -0.2) is 0 Å². The molecule has 1 aliphatic rings. The lowest BCUT2D eigenvalue weighted by Gasteiger charge is -2.35. The largest absolute Gasteiger partial charge is 0.388 e. The van der Waals surface area contributed by atoms with E-state index in [4.69, 9.17) is 0 Å². The van der Waals surface area contributed by atoms with Gasteiger partial charge in [0.1, 0.15) is 0 Å². The second-order valence-electron chi connectivity index (χ2n) is 6.58. The Balaban J connectivity index is 2.31. The van der Waals surface area contributed by atoms with Gasteiger partial charge >= 0.3 is 0 Å². The molecule has 4 atom stereocenters. The Hall–Kier alpha value is -0.120. The van der Waals surface area contributed by atoms with Crippen molar-refractivity contribution in [2.75, 3.05) is 27.2 Å². The summed E-state index contributed by atoms with van der Waals surface area (Å²) in [6, 6.07) is 0.592. The molecule has 0 unspecified atom stereocenters. The Morgan fingerprint density at radius 3 is 2.41 bits per heavy atom. The summed E-state index contributed by atoms with van der Waals surface area (Å²) >= 11 is 0. The molecule has 0 aromatic rings. The van der Waals surface area contributed by atoms with E-state index in [1.165, 1.54) is 19.3 Å². The maximum absolute atomic E-state index is 10.2. The first-order valence-corrected chi connectivity index (χ1v) is 6.90. The van der Waals surface area contributed by atoms with Crippen LogP contribution in [0.4, 0.5) is 0 Å². The fraction of sp³-hybridized carbons (Fsp3) is 1.00. The first-order chi connectivity index (χ1) is 7.80. The van der Waals surface area contributed by atoms with Crippen molar-refractivity contribution < 1.29 is 5.11 Å². The molecule has 0 spiro atoms. The van der Waals surface area contributed by atoms with Crippen LogP contribution in [0.3, 0.4) is 0 Å². The zero-order valence-electron chi connectivity index (χ0n) is 12.2. The van der Waals surface area contributed by atoms with E-state index in [9.17, 15) is 5.11 Å². The second kappa shape index (κ2) is 6.17. The number of nitrogens with one attached hydrogen (secondary N) is 1. The first-order valence-electron chi connectivity index (χ1n) is 6.90. The smallest absolute Gasteiger partial charge is 0.0869 e. The number of hydrogen-bond acceptors (Lipinski definition) is 3.